The van der Waals surface area contributed by atoms with Crippen molar-refractivity contribution >= 4 is 16.7 Å². The summed E-state index contributed by atoms with van der Waals surface area (Å²) >= 11 is 0. The smallest absolute Gasteiger partial charge is 0.258 e. The van der Waals surface area contributed by atoms with Crippen LogP contribution in [0.4, 0.5) is 4.39 Å². The number of hydrogen-bond acceptors (Lipinski definition) is 2. The van der Waals surface area contributed by atoms with Crippen molar-refractivity contribution in [3.8, 4) is 0 Å². The fourth-order valence-electron chi connectivity index (χ4n) is 2.63. The molecule has 0 saturated carbocycles. The first-order valence-electron chi connectivity index (χ1n) is 7.67. The van der Waals surface area contributed by atoms with Crippen LogP contribution in [0, 0.1) is 5.82 Å². The third-order valence-electron chi connectivity index (χ3n) is 3.95. The molecule has 1 heterocycles. The van der Waals surface area contributed by atoms with Gasteiger partial charge in [0.15, 0.2) is 0 Å². The van der Waals surface area contributed by atoms with Crippen LogP contribution in [0.5, 0.6) is 0 Å². The zero-order valence-corrected chi connectivity index (χ0v) is 13.2. The predicted molar refractivity (Wildman–Crippen MR) is 91.2 cm³/mol. The average molecular weight is 324 g/mol. The van der Waals surface area contributed by atoms with Crippen molar-refractivity contribution in [2.75, 3.05) is 0 Å². The second-order valence-corrected chi connectivity index (χ2v) is 5.68. The summed E-state index contributed by atoms with van der Waals surface area (Å²) in [5.74, 6) is -0.593. The molecule has 3 rings (SSSR count). The van der Waals surface area contributed by atoms with Crippen LogP contribution in [-0.2, 0) is 11.3 Å². The second-order valence-electron chi connectivity index (χ2n) is 5.68. The van der Waals surface area contributed by atoms with Gasteiger partial charge in [-0.25, -0.2) is 4.39 Å². The van der Waals surface area contributed by atoms with Crippen molar-refractivity contribution in [3.63, 3.8) is 0 Å². The molecule has 0 aliphatic carbocycles. The summed E-state index contributed by atoms with van der Waals surface area (Å²) in [6.07, 6.45) is 1.62. The van der Waals surface area contributed by atoms with Gasteiger partial charge in [0.2, 0.25) is 5.91 Å². The van der Waals surface area contributed by atoms with E-state index < -0.39 is 0 Å². The first-order chi connectivity index (χ1) is 11.5. The Morgan fingerprint density at radius 2 is 1.83 bits per heavy atom. The van der Waals surface area contributed by atoms with Gasteiger partial charge in [0.25, 0.3) is 5.56 Å². The van der Waals surface area contributed by atoms with Gasteiger partial charge in [-0.05, 0) is 42.1 Å². The van der Waals surface area contributed by atoms with E-state index in [1.807, 2.05) is 25.1 Å². The van der Waals surface area contributed by atoms with E-state index in [0.29, 0.717) is 5.39 Å². The molecule has 24 heavy (non-hydrogen) atoms. The van der Waals surface area contributed by atoms with E-state index in [1.165, 1.54) is 16.7 Å². The van der Waals surface area contributed by atoms with Gasteiger partial charge in [-0.2, -0.15) is 0 Å². The zero-order chi connectivity index (χ0) is 17.1. The monoisotopic (exact) mass is 324 g/mol. The number of pyridine rings is 1. The van der Waals surface area contributed by atoms with Crippen LogP contribution in [0.25, 0.3) is 10.8 Å². The summed E-state index contributed by atoms with van der Waals surface area (Å²) in [5, 5.41) is 4.25. The van der Waals surface area contributed by atoms with Gasteiger partial charge in [0.05, 0.1) is 6.04 Å². The molecular weight excluding hydrogens is 307 g/mol. The van der Waals surface area contributed by atoms with Crippen molar-refractivity contribution in [1.82, 2.24) is 9.88 Å². The lowest BCUT2D eigenvalue weighted by Gasteiger charge is -2.15. The molecule has 0 spiro atoms. The number of amides is 1. The molecule has 3 aromatic rings. The fraction of sp³-hybridized carbons (Fsp3) is 0.158. The maximum absolute atomic E-state index is 12.9. The normalized spacial score (nSPS) is 12.1. The number of fused-ring (bicyclic) bond motifs is 1. The Hall–Kier alpha value is -2.95. The van der Waals surface area contributed by atoms with Gasteiger partial charge in [-0.1, -0.05) is 30.3 Å². The Balaban J connectivity index is 1.74. The van der Waals surface area contributed by atoms with Crippen LogP contribution < -0.4 is 10.9 Å². The number of halogens is 1. The molecule has 0 aliphatic rings. The second kappa shape index (κ2) is 6.66. The van der Waals surface area contributed by atoms with E-state index in [1.54, 1.807) is 30.5 Å². The van der Waals surface area contributed by atoms with Crippen molar-refractivity contribution in [2.45, 2.75) is 19.5 Å². The summed E-state index contributed by atoms with van der Waals surface area (Å²) in [4.78, 5) is 24.6. The standard InChI is InChI=1S/C19H17FN2O2/c1-13(14-6-8-16(20)9-7-14)21-18(23)12-22-11-10-15-4-2-3-5-17(15)19(22)24/h2-11,13H,12H2,1H3,(H,21,23)/t13-/m1/s1. The maximum atomic E-state index is 12.9. The van der Waals surface area contributed by atoms with Gasteiger partial charge >= 0.3 is 0 Å². The topological polar surface area (TPSA) is 51.1 Å². The molecule has 4 nitrogen and oxygen atoms in total. The molecule has 0 bridgehead atoms. The highest BCUT2D eigenvalue weighted by Gasteiger charge is 2.11. The lowest BCUT2D eigenvalue weighted by Crippen LogP contribution is -2.33. The highest BCUT2D eigenvalue weighted by molar-refractivity contribution is 5.82. The molecule has 2 aromatic carbocycles. The molecule has 0 radical (unpaired) electrons. The first-order valence-corrected chi connectivity index (χ1v) is 7.67. The van der Waals surface area contributed by atoms with Crippen LogP contribution in [-0.4, -0.2) is 10.5 Å². The minimum atomic E-state index is -0.319. The predicted octanol–water partition coefficient (Wildman–Crippen LogP) is 3.02. The van der Waals surface area contributed by atoms with Crippen molar-refractivity contribution < 1.29 is 9.18 Å². The zero-order valence-electron chi connectivity index (χ0n) is 13.2. The number of rotatable bonds is 4. The van der Waals surface area contributed by atoms with Crippen LogP contribution in [0.15, 0.2) is 65.6 Å². The number of benzene rings is 2. The minimum absolute atomic E-state index is 0.0603. The summed E-state index contributed by atoms with van der Waals surface area (Å²) in [6.45, 7) is 1.75. The fourth-order valence-corrected chi connectivity index (χ4v) is 2.63. The van der Waals surface area contributed by atoms with Crippen LogP contribution >= 0.6 is 0 Å². The van der Waals surface area contributed by atoms with E-state index in [4.69, 9.17) is 0 Å². The SMILES string of the molecule is C[C@@H](NC(=O)Cn1ccc2ccccc2c1=O)c1ccc(F)cc1. The molecule has 122 valence electrons. The van der Waals surface area contributed by atoms with E-state index in [2.05, 4.69) is 5.32 Å². The number of nitrogens with zero attached hydrogens (tertiary/aromatic N) is 1. The summed E-state index contributed by atoms with van der Waals surface area (Å²) in [5.41, 5.74) is 0.605. The quantitative estimate of drug-likeness (QED) is 0.802. The highest BCUT2D eigenvalue weighted by Crippen LogP contribution is 2.13. The Morgan fingerprint density at radius 3 is 2.58 bits per heavy atom. The molecule has 1 amide bonds. The molecule has 5 heteroatoms. The summed E-state index contributed by atoms with van der Waals surface area (Å²) < 4.78 is 14.3. The largest absolute Gasteiger partial charge is 0.348 e. The van der Waals surface area contributed by atoms with Crippen LogP contribution in [0.3, 0.4) is 0 Å². The van der Waals surface area contributed by atoms with Crippen molar-refractivity contribution in [3.05, 3.63) is 82.5 Å². The van der Waals surface area contributed by atoms with Gasteiger partial charge in [0.1, 0.15) is 12.4 Å². The first kappa shape index (κ1) is 15.9. The maximum Gasteiger partial charge on any atom is 0.258 e. The van der Waals surface area contributed by atoms with Gasteiger partial charge in [0, 0.05) is 11.6 Å². The molecule has 1 N–H and O–H groups in total. The minimum Gasteiger partial charge on any atom is -0.348 e. The van der Waals surface area contributed by atoms with Crippen molar-refractivity contribution in [2.24, 2.45) is 0 Å². The lowest BCUT2D eigenvalue weighted by atomic mass is 10.1. The Bertz CT molecular complexity index is 932. The third kappa shape index (κ3) is 3.35. The summed E-state index contributed by atoms with van der Waals surface area (Å²) in [7, 11) is 0. The van der Waals surface area contributed by atoms with Gasteiger partial charge in [-0.15, -0.1) is 0 Å². The highest BCUT2D eigenvalue weighted by atomic mass is 19.1. The molecule has 1 atom stereocenters. The number of carbonyl (C=O) groups is 1. The van der Waals surface area contributed by atoms with E-state index >= 15 is 0 Å². The van der Waals surface area contributed by atoms with Crippen LogP contribution in [0.2, 0.25) is 0 Å². The molecule has 0 aliphatic heterocycles. The number of aromatic nitrogens is 1. The van der Waals surface area contributed by atoms with Crippen molar-refractivity contribution in [1.29, 1.82) is 0 Å². The molecular formula is C19H17FN2O2. The number of hydrogen-bond donors (Lipinski definition) is 1. The van der Waals surface area contributed by atoms with E-state index in [0.717, 1.165) is 10.9 Å². The van der Waals surface area contributed by atoms with Gasteiger partial charge < -0.3 is 9.88 Å². The Labute approximate surface area is 138 Å². The molecule has 0 saturated heterocycles. The summed E-state index contributed by atoms with van der Waals surface area (Å²) in [6, 6.07) is 14.8. The Kier molecular flexibility index (Phi) is 4.42. The number of nitrogens with one attached hydrogen (secondary N) is 1. The Morgan fingerprint density at radius 1 is 1.12 bits per heavy atom. The third-order valence-corrected chi connectivity index (χ3v) is 3.95. The number of carbonyl (C=O) groups excluding carboxylic acids is 1. The lowest BCUT2D eigenvalue weighted by molar-refractivity contribution is -0.122. The molecule has 1 aromatic heterocycles. The van der Waals surface area contributed by atoms with E-state index in [-0.39, 0.29) is 29.9 Å². The van der Waals surface area contributed by atoms with E-state index in [9.17, 15) is 14.0 Å². The molecule has 0 fully saturated rings. The molecule has 0 unspecified atom stereocenters. The van der Waals surface area contributed by atoms with Crippen LogP contribution in [0.1, 0.15) is 18.5 Å². The van der Waals surface area contributed by atoms with Gasteiger partial charge in [-0.3, -0.25) is 9.59 Å². The average Bonchev–Trinajstić information content (AvgIpc) is 2.58.